The molecule has 0 spiro atoms. The van der Waals surface area contributed by atoms with Crippen molar-refractivity contribution in [2.45, 2.75) is 19.6 Å². The Morgan fingerprint density at radius 3 is 2.30 bits per heavy atom. The third-order valence-corrected chi connectivity index (χ3v) is 3.98. The van der Waals surface area contributed by atoms with Crippen molar-refractivity contribution in [2.24, 2.45) is 5.92 Å². The van der Waals surface area contributed by atoms with E-state index in [-0.39, 0.29) is 17.1 Å². The van der Waals surface area contributed by atoms with Crippen molar-refractivity contribution in [1.29, 1.82) is 0 Å². The van der Waals surface area contributed by atoms with Crippen LogP contribution in [0.1, 0.15) is 28.9 Å². The van der Waals surface area contributed by atoms with Crippen molar-refractivity contribution in [3.05, 3.63) is 59.7 Å². The molecule has 144 valence electrons. The van der Waals surface area contributed by atoms with Gasteiger partial charge in [-0.3, -0.25) is 9.59 Å². The Bertz CT molecular complexity index is 798. The highest BCUT2D eigenvalue weighted by Gasteiger charge is 2.27. The molecule has 2 N–H and O–H groups in total. The number of hydrogen-bond acceptors (Lipinski definition) is 4. The molecule has 1 amide bonds. The molecule has 0 saturated carbocycles. The number of benzene rings is 2. The third-order valence-electron chi connectivity index (χ3n) is 3.98. The molecule has 0 bridgehead atoms. The minimum absolute atomic E-state index is 0.0324. The summed E-state index contributed by atoms with van der Waals surface area (Å²) in [5, 5.41) is 12.0. The van der Waals surface area contributed by atoms with Gasteiger partial charge >= 0.3 is 12.6 Å². The molecule has 27 heavy (non-hydrogen) atoms. The Morgan fingerprint density at radius 1 is 1.07 bits per heavy atom. The zero-order valence-electron chi connectivity index (χ0n) is 14.7. The molecule has 6 nitrogen and oxygen atoms in total. The topological polar surface area (TPSA) is 84.9 Å². The summed E-state index contributed by atoms with van der Waals surface area (Å²) < 4.78 is 34.4. The molecule has 0 heterocycles. The highest BCUT2D eigenvalue weighted by Crippen LogP contribution is 2.30. The molecule has 8 heteroatoms. The lowest BCUT2D eigenvalue weighted by atomic mass is 9.94. The van der Waals surface area contributed by atoms with E-state index in [0.29, 0.717) is 5.56 Å². The number of carboxylic acid groups (broad SMARTS) is 1. The Hall–Kier alpha value is -3.16. The SMILES string of the molecule is COc1ccc(C(=O)NC(c2ccccc2)C(C)C(=O)O)cc1OC(F)F. The van der Waals surface area contributed by atoms with Crippen LogP contribution in [0.4, 0.5) is 8.78 Å². The van der Waals surface area contributed by atoms with Gasteiger partial charge in [0.15, 0.2) is 11.5 Å². The minimum Gasteiger partial charge on any atom is -0.493 e. The summed E-state index contributed by atoms with van der Waals surface area (Å²) in [5.41, 5.74) is 0.642. The van der Waals surface area contributed by atoms with Gasteiger partial charge < -0.3 is 19.9 Å². The zero-order chi connectivity index (χ0) is 20.0. The third kappa shape index (κ3) is 5.16. The quantitative estimate of drug-likeness (QED) is 0.733. The van der Waals surface area contributed by atoms with Crippen LogP contribution in [0.25, 0.3) is 0 Å². The monoisotopic (exact) mass is 379 g/mol. The zero-order valence-corrected chi connectivity index (χ0v) is 14.7. The Morgan fingerprint density at radius 2 is 1.74 bits per heavy atom. The van der Waals surface area contributed by atoms with Gasteiger partial charge in [-0.2, -0.15) is 8.78 Å². The molecule has 0 aliphatic carbocycles. The highest BCUT2D eigenvalue weighted by molar-refractivity contribution is 5.95. The van der Waals surface area contributed by atoms with Crippen molar-refractivity contribution < 1.29 is 33.0 Å². The number of hydrogen-bond donors (Lipinski definition) is 2. The maximum absolute atomic E-state index is 12.6. The molecule has 2 aromatic carbocycles. The van der Waals surface area contributed by atoms with Gasteiger partial charge in [-0.15, -0.1) is 0 Å². The number of amides is 1. The van der Waals surface area contributed by atoms with Gasteiger partial charge in [0, 0.05) is 5.56 Å². The molecule has 2 atom stereocenters. The molecule has 2 unspecified atom stereocenters. The fraction of sp³-hybridized carbons (Fsp3) is 0.263. The molecular weight excluding hydrogens is 360 g/mol. The van der Waals surface area contributed by atoms with Gasteiger partial charge in [-0.05, 0) is 30.7 Å². The van der Waals surface area contributed by atoms with Crippen LogP contribution in [0, 0.1) is 5.92 Å². The smallest absolute Gasteiger partial charge is 0.387 e. The molecule has 2 rings (SSSR count). The van der Waals surface area contributed by atoms with Crippen LogP contribution in [0.2, 0.25) is 0 Å². The second-order valence-electron chi connectivity index (χ2n) is 5.73. The molecule has 0 aromatic heterocycles. The van der Waals surface area contributed by atoms with E-state index in [1.165, 1.54) is 26.2 Å². The van der Waals surface area contributed by atoms with Crippen LogP contribution in [0.5, 0.6) is 11.5 Å². The van der Waals surface area contributed by atoms with E-state index in [4.69, 9.17) is 4.74 Å². The van der Waals surface area contributed by atoms with Crippen LogP contribution in [0.15, 0.2) is 48.5 Å². The molecule has 0 radical (unpaired) electrons. The number of nitrogens with one attached hydrogen (secondary N) is 1. The Balaban J connectivity index is 2.30. The van der Waals surface area contributed by atoms with Crippen LogP contribution in [0.3, 0.4) is 0 Å². The average molecular weight is 379 g/mol. The maximum Gasteiger partial charge on any atom is 0.387 e. The predicted molar refractivity (Wildman–Crippen MR) is 93.1 cm³/mol. The normalized spacial score (nSPS) is 12.9. The fourth-order valence-corrected chi connectivity index (χ4v) is 2.53. The molecule has 0 fully saturated rings. The van der Waals surface area contributed by atoms with Crippen LogP contribution in [-0.4, -0.2) is 30.7 Å². The molecule has 0 aliphatic heterocycles. The van der Waals surface area contributed by atoms with E-state index in [9.17, 15) is 23.5 Å². The van der Waals surface area contributed by atoms with Crippen molar-refractivity contribution in [3.63, 3.8) is 0 Å². The van der Waals surface area contributed by atoms with Crippen LogP contribution >= 0.6 is 0 Å². The summed E-state index contributed by atoms with van der Waals surface area (Å²) in [6.45, 7) is -1.61. The molecule has 0 saturated heterocycles. The maximum atomic E-state index is 12.6. The number of alkyl halides is 2. The van der Waals surface area contributed by atoms with Crippen molar-refractivity contribution in [1.82, 2.24) is 5.32 Å². The van der Waals surface area contributed by atoms with Crippen molar-refractivity contribution in [3.8, 4) is 11.5 Å². The van der Waals surface area contributed by atoms with E-state index in [1.54, 1.807) is 30.3 Å². The first-order valence-electron chi connectivity index (χ1n) is 8.05. The van der Waals surface area contributed by atoms with Crippen molar-refractivity contribution in [2.75, 3.05) is 7.11 Å². The summed E-state index contributed by atoms with van der Waals surface area (Å²) in [4.78, 5) is 24.0. The number of ether oxygens (including phenoxy) is 2. The van der Waals surface area contributed by atoms with Gasteiger partial charge in [0.2, 0.25) is 0 Å². The number of carbonyl (C=O) groups excluding carboxylic acids is 1. The summed E-state index contributed by atoms with van der Waals surface area (Å²) in [5.74, 6) is -2.86. The number of carbonyl (C=O) groups is 2. The van der Waals surface area contributed by atoms with Gasteiger partial charge in [0.1, 0.15) is 0 Å². The van der Waals surface area contributed by atoms with E-state index in [2.05, 4.69) is 10.1 Å². The summed E-state index contributed by atoms with van der Waals surface area (Å²) in [7, 11) is 1.29. The van der Waals surface area contributed by atoms with Gasteiger partial charge in [-0.25, -0.2) is 0 Å². The Labute approximate surface area is 154 Å². The summed E-state index contributed by atoms with van der Waals surface area (Å²) >= 11 is 0. The Kier molecular flexibility index (Phi) is 6.70. The fourth-order valence-electron chi connectivity index (χ4n) is 2.53. The first-order valence-corrected chi connectivity index (χ1v) is 8.05. The van der Waals surface area contributed by atoms with Crippen molar-refractivity contribution >= 4 is 11.9 Å². The first-order chi connectivity index (χ1) is 12.8. The molecular formula is C19H19F2NO5. The lowest BCUT2D eigenvalue weighted by Crippen LogP contribution is -2.35. The number of methoxy groups -OCH3 is 1. The number of carboxylic acids is 1. The average Bonchev–Trinajstić information content (AvgIpc) is 2.65. The van der Waals surface area contributed by atoms with Gasteiger partial charge in [0.25, 0.3) is 5.91 Å². The number of halogens is 2. The van der Waals surface area contributed by atoms with Crippen LogP contribution in [-0.2, 0) is 4.79 Å². The lowest BCUT2D eigenvalue weighted by molar-refractivity contribution is -0.142. The molecule has 0 aliphatic rings. The minimum atomic E-state index is -3.08. The molecule has 2 aromatic rings. The van der Waals surface area contributed by atoms with Gasteiger partial charge in [-0.1, -0.05) is 30.3 Å². The standard InChI is InChI=1S/C19H19F2NO5/c1-11(18(24)25)16(12-6-4-3-5-7-12)22-17(23)13-8-9-14(26-2)15(10-13)27-19(20)21/h3-11,16,19H,1-2H3,(H,22,23)(H,24,25). The number of aliphatic carboxylic acids is 1. The number of rotatable bonds is 8. The van der Waals surface area contributed by atoms with Gasteiger partial charge in [0.05, 0.1) is 19.1 Å². The first kappa shape index (κ1) is 20.2. The largest absolute Gasteiger partial charge is 0.493 e. The highest BCUT2D eigenvalue weighted by atomic mass is 19.3. The van der Waals surface area contributed by atoms with E-state index in [0.717, 1.165) is 6.07 Å². The second-order valence-corrected chi connectivity index (χ2v) is 5.73. The van der Waals surface area contributed by atoms with Crippen LogP contribution < -0.4 is 14.8 Å². The second kappa shape index (κ2) is 8.98. The van der Waals surface area contributed by atoms with E-state index >= 15 is 0 Å². The summed E-state index contributed by atoms with van der Waals surface area (Å²) in [6, 6.07) is 11.6. The predicted octanol–water partition coefficient (Wildman–Crippen LogP) is 3.49. The summed E-state index contributed by atoms with van der Waals surface area (Å²) in [6.07, 6.45) is 0. The lowest BCUT2D eigenvalue weighted by Gasteiger charge is -2.23. The van der Waals surface area contributed by atoms with E-state index < -0.39 is 30.4 Å². The van der Waals surface area contributed by atoms with E-state index in [1.807, 2.05) is 0 Å².